The van der Waals surface area contributed by atoms with Crippen LogP contribution in [0.2, 0.25) is 0 Å². The summed E-state index contributed by atoms with van der Waals surface area (Å²) in [5.41, 5.74) is 4.19. The van der Waals surface area contributed by atoms with Gasteiger partial charge in [-0.1, -0.05) is 0 Å². The zero-order chi connectivity index (χ0) is 25.2. The number of carbonyl (C=O) groups is 2. The first-order valence-electron chi connectivity index (χ1n) is 9.94. The molecule has 1 aliphatic heterocycles. The van der Waals surface area contributed by atoms with E-state index in [9.17, 15) is 44.7 Å². The fourth-order valence-corrected chi connectivity index (χ4v) is 3.43. The van der Waals surface area contributed by atoms with Crippen molar-refractivity contribution in [1.82, 2.24) is 19.9 Å². The number of carbonyl (C=O) groups excluding carboxylic acids is 1. The molecule has 0 unspecified atom stereocenters. The summed E-state index contributed by atoms with van der Waals surface area (Å²) >= 11 is 0. The van der Waals surface area contributed by atoms with E-state index in [0.717, 1.165) is 23.0 Å². The highest BCUT2D eigenvalue weighted by Gasteiger charge is 2.50. The summed E-state index contributed by atoms with van der Waals surface area (Å²) in [4.78, 5) is 53.3. The van der Waals surface area contributed by atoms with Gasteiger partial charge in [-0.3, -0.25) is 24.1 Å². The van der Waals surface area contributed by atoms with Crippen LogP contribution < -0.4 is 22.3 Å². The topological polar surface area (TPSA) is 250 Å². The van der Waals surface area contributed by atoms with Gasteiger partial charge in [-0.15, -0.1) is 0 Å². The number of carboxylic acid groups (broad SMARTS) is 1. The monoisotopic (exact) mass is 481 g/mol. The van der Waals surface area contributed by atoms with E-state index in [2.05, 4.69) is 10.3 Å². The Balaban J connectivity index is 1.72. The number of pyridine rings is 1. The Labute approximate surface area is 190 Å². The van der Waals surface area contributed by atoms with Gasteiger partial charge in [0.05, 0.1) is 24.0 Å². The lowest BCUT2D eigenvalue weighted by atomic mass is 10.0. The highest BCUT2D eigenvalue weighted by molar-refractivity contribution is 5.87. The first-order chi connectivity index (χ1) is 16.0. The Hall–Kier alpha value is -3.63. The molecule has 7 atom stereocenters. The van der Waals surface area contributed by atoms with Crippen molar-refractivity contribution in [3.05, 3.63) is 57.1 Å². The number of aliphatic hydroxyl groups excluding tert-OH is 3. The van der Waals surface area contributed by atoms with Crippen LogP contribution >= 0.6 is 0 Å². The van der Waals surface area contributed by atoms with Gasteiger partial charge < -0.3 is 41.3 Å². The molecule has 0 saturated carbocycles. The van der Waals surface area contributed by atoms with Crippen LogP contribution in [-0.2, 0) is 14.3 Å². The molecule has 9 N–H and O–H groups in total. The maximum absolute atomic E-state index is 12.5. The highest BCUT2D eigenvalue weighted by atomic mass is 16.6. The number of hydrogen-bond donors (Lipinski definition) is 8. The average Bonchev–Trinajstić information content (AvgIpc) is 3.06. The van der Waals surface area contributed by atoms with E-state index in [0.29, 0.717) is 0 Å². The molecule has 3 heterocycles. The van der Waals surface area contributed by atoms with E-state index in [4.69, 9.17) is 10.5 Å². The van der Waals surface area contributed by atoms with Crippen molar-refractivity contribution in [3.8, 4) is 5.75 Å². The maximum atomic E-state index is 12.5. The Bertz CT molecular complexity index is 1150. The summed E-state index contributed by atoms with van der Waals surface area (Å²) in [7, 11) is 0. The zero-order valence-corrected chi connectivity index (χ0v) is 17.4. The van der Waals surface area contributed by atoms with Crippen LogP contribution in [0, 0.1) is 0 Å². The van der Waals surface area contributed by atoms with Crippen LogP contribution in [0.5, 0.6) is 5.75 Å². The zero-order valence-electron chi connectivity index (χ0n) is 17.4. The predicted octanol–water partition coefficient (Wildman–Crippen LogP) is -3.72. The van der Waals surface area contributed by atoms with Gasteiger partial charge in [-0.05, 0) is 12.1 Å². The summed E-state index contributed by atoms with van der Waals surface area (Å²) in [6.07, 6.45) is -6.46. The number of H-pyrrole nitrogens is 1. The number of aliphatic hydroxyl groups is 3. The van der Waals surface area contributed by atoms with Crippen LogP contribution in [0.15, 0.2) is 40.2 Å². The molecule has 0 radical (unpaired) electrons. The van der Waals surface area contributed by atoms with E-state index in [-0.39, 0.29) is 17.9 Å². The Morgan fingerprint density at radius 1 is 1.24 bits per heavy atom. The summed E-state index contributed by atoms with van der Waals surface area (Å²) in [5, 5.41) is 51.8. The SMILES string of the molecule is N[C@@H](C[C@H](O)c1ccc(O)cn1)C(=O)N[C@@H](C(=O)O)[C@@H]1O[C@H](n2ccc(=O)[nH]c2=O)[C@@H](O)[C@@H]1O. The number of aromatic amines is 1. The summed E-state index contributed by atoms with van der Waals surface area (Å²) < 4.78 is 6.13. The minimum absolute atomic E-state index is 0.114. The molecule has 1 saturated heterocycles. The van der Waals surface area contributed by atoms with Crippen molar-refractivity contribution in [2.75, 3.05) is 0 Å². The number of aromatic nitrogens is 3. The van der Waals surface area contributed by atoms with E-state index in [1.54, 1.807) is 0 Å². The Morgan fingerprint density at radius 3 is 2.53 bits per heavy atom. The summed E-state index contributed by atoms with van der Waals surface area (Å²) in [5.74, 6) is -2.78. The number of nitrogens with two attached hydrogens (primary N) is 1. The number of carboxylic acids is 1. The lowest BCUT2D eigenvalue weighted by molar-refractivity contribution is -0.149. The van der Waals surface area contributed by atoms with Crippen LogP contribution in [0.1, 0.15) is 24.4 Å². The van der Waals surface area contributed by atoms with Gasteiger partial charge in [-0.2, -0.15) is 0 Å². The summed E-state index contributed by atoms with van der Waals surface area (Å²) in [6, 6.07) is 0.240. The molecule has 1 fully saturated rings. The van der Waals surface area contributed by atoms with Gasteiger partial charge in [0.1, 0.15) is 24.1 Å². The number of amides is 1. The highest BCUT2D eigenvalue weighted by Crippen LogP contribution is 2.30. The smallest absolute Gasteiger partial charge is 0.330 e. The number of rotatable bonds is 8. The van der Waals surface area contributed by atoms with Crippen molar-refractivity contribution >= 4 is 11.9 Å². The van der Waals surface area contributed by atoms with Crippen molar-refractivity contribution in [1.29, 1.82) is 0 Å². The first kappa shape index (κ1) is 25.0. The predicted molar refractivity (Wildman–Crippen MR) is 110 cm³/mol. The standard InChI is InChI=1S/C19H23N5O10/c20-8(5-10(26)9-2-1-7(25)6-21-9)16(30)23-12(18(31)32)15-13(28)14(29)17(34-15)24-4-3-11(27)22-19(24)33/h1-4,6,8,10,12-15,17,25-26,28-29H,5,20H2,(H,23,30)(H,31,32)(H,22,27,33)/t8-,10-,12+,13-,14-,15-,17-/m0/s1. The molecule has 34 heavy (non-hydrogen) atoms. The van der Waals surface area contributed by atoms with E-state index < -0.39 is 65.9 Å². The van der Waals surface area contributed by atoms with Crippen LogP contribution in [0.4, 0.5) is 0 Å². The van der Waals surface area contributed by atoms with Crippen LogP contribution in [0.3, 0.4) is 0 Å². The molecule has 2 aromatic rings. The van der Waals surface area contributed by atoms with Gasteiger partial charge in [0.2, 0.25) is 5.91 Å². The van der Waals surface area contributed by atoms with Gasteiger partial charge in [0.15, 0.2) is 12.3 Å². The van der Waals surface area contributed by atoms with Gasteiger partial charge in [0, 0.05) is 18.7 Å². The number of nitrogens with one attached hydrogen (secondary N) is 2. The second-order valence-corrected chi connectivity index (χ2v) is 7.61. The third kappa shape index (κ3) is 5.29. The van der Waals surface area contributed by atoms with Crippen molar-refractivity contribution in [2.45, 2.75) is 49.1 Å². The van der Waals surface area contributed by atoms with Gasteiger partial charge in [0.25, 0.3) is 5.56 Å². The Morgan fingerprint density at radius 2 is 1.94 bits per heavy atom. The molecular weight excluding hydrogens is 458 g/mol. The molecule has 0 bridgehead atoms. The third-order valence-corrected chi connectivity index (χ3v) is 5.22. The first-order valence-corrected chi connectivity index (χ1v) is 9.94. The Kier molecular flexibility index (Phi) is 7.43. The lowest BCUT2D eigenvalue weighted by Gasteiger charge is -2.25. The van der Waals surface area contributed by atoms with Crippen LogP contribution in [0.25, 0.3) is 0 Å². The molecule has 15 nitrogen and oxygen atoms in total. The molecule has 184 valence electrons. The van der Waals surface area contributed by atoms with E-state index in [1.807, 2.05) is 4.98 Å². The molecule has 0 spiro atoms. The fourth-order valence-electron chi connectivity index (χ4n) is 3.43. The number of aromatic hydroxyl groups is 1. The third-order valence-electron chi connectivity index (χ3n) is 5.22. The molecule has 2 aromatic heterocycles. The lowest BCUT2D eigenvalue weighted by Crippen LogP contribution is -2.56. The van der Waals surface area contributed by atoms with Gasteiger partial charge in [-0.25, -0.2) is 9.59 Å². The normalized spacial score (nSPS) is 24.8. The second kappa shape index (κ2) is 10.1. The van der Waals surface area contributed by atoms with Crippen molar-refractivity contribution in [3.63, 3.8) is 0 Å². The van der Waals surface area contributed by atoms with E-state index in [1.165, 1.54) is 12.1 Å². The fraction of sp³-hybridized carbons (Fsp3) is 0.421. The number of nitrogens with zero attached hydrogens (tertiary/aromatic N) is 2. The molecule has 0 aliphatic carbocycles. The minimum Gasteiger partial charge on any atom is -0.506 e. The molecule has 1 amide bonds. The van der Waals surface area contributed by atoms with Gasteiger partial charge >= 0.3 is 11.7 Å². The summed E-state index contributed by atoms with van der Waals surface area (Å²) in [6.45, 7) is 0. The molecule has 1 aliphatic rings. The van der Waals surface area contributed by atoms with Crippen LogP contribution in [-0.4, -0.2) is 82.3 Å². The molecule has 0 aromatic carbocycles. The van der Waals surface area contributed by atoms with E-state index >= 15 is 0 Å². The number of aliphatic carboxylic acids is 1. The maximum Gasteiger partial charge on any atom is 0.330 e. The second-order valence-electron chi connectivity index (χ2n) is 7.61. The number of ether oxygens (including phenoxy) is 1. The molecule has 3 rings (SSSR count). The van der Waals surface area contributed by atoms with Crippen molar-refractivity contribution in [2.24, 2.45) is 5.73 Å². The van der Waals surface area contributed by atoms with Crippen molar-refractivity contribution < 1.29 is 39.9 Å². The average molecular weight is 481 g/mol. The largest absolute Gasteiger partial charge is 0.506 e. The number of hydrogen-bond acceptors (Lipinski definition) is 11. The molecule has 15 heteroatoms. The quantitative estimate of drug-likeness (QED) is 0.181. The molecular formula is C19H23N5O10. The minimum atomic E-state index is -1.89.